The molecule has 1 N–H and O–H groups in total. The first-order valence-corrected chi connectivity index (χ1v) is 8.32. The molecule has 0 aromatic heterocycles. The molecule has 0 aromatic rings. The fourth-order valence-electron chi connectivity index (χ4n) is 4.44. The number of carbonyl (C=O) groups excluding carboxylic acids is 1. The van der Waals surface area contributed by atoms with Crippen molar-refractivity contribution < 1.29 is 4.79 Å². The van der Waals surface area contributed by atoms with Crippen molar-refractivity contribution in [2.24, 2.45) is 11.8 Å². The van der Waals surface area contributed by atoms with E-state index < -0.39 is 0 Å². The lowest BCUT2D eigenvalue weighted by Crippen LogP contribution is -2.43. The number of likely N-dealkylation sites (N-methyl/N-ethyl adjacent to an activating group) is 1. The molecule has 1 amide bonds. The molecule has 3 fully saturated rings. The third kappa shape index (κ3) is 2.60. The maximum atomic E-state index is 12.2. The van der Waals surface area contributed by atoms with Gasteiger partial charge in [0.05, 0.1) is 6.17 Å². The fraction of sp³-hybridized carbons (Fsp3) is 0.938. The minimum Gasteiger partial charge on any atom is -0.342 e. The summed E-state index contributed by atoms with van der Waals surface area (Å²) in [6.45, 7) is 6.24. The fourth-order valence-corrected chi connectivity index (χ4v) is 4.44. The lowest BCUT2D eigenvalue weighted by Gasteiger charge is -2.30. The number of fused-ring (bicyclic) bond motifs is 1. The second kappa shape index (κ2) is 5.64. The monoisotopic (exact) mass is 279 g/mol. The average Bonchev–Trinajstić information content (AvgIpc) is 2.92. The molecule has 3 rings (SSSR count). The van der Waals surface area contributed by atoms with Gasteiger partial charge in [-0.3, -0.25) is 15.0 Å². The van der Waals surface area contributed by atoms with Crippen LogP contribution in [0.4, 0.5) is 0 Å². The molecule has 114 valence electrons. The van der Waals surface area contributed by atoms with E-state index in [2.05, 4.69) is 36.0 Å². The minimum absolute atomic E-state index is 0.355. The zero-order valence-corrected chi connectivity index (χ0v) is 13.1. The van der Waals surface area contributed by atoms with Gasteiger partial charge in [0.15, 0.2) is 0 Å². The summed E-state index contributed by atoms with van der Waals surface area (Å²) >= 11 is 0. The summed E-state index contributed by atoms with van der Waals surface area (Å²) in [4.78, 5) is 16.8. The Labute approximate surface area is 122 Å². The van der Waals surface area contributed by atoms with E-state index in [4.69, 9.17) is 0 Å². The largest absolute Gasteiger partial charge is 0.342 e. The maximum Gasteiger partial charge on any atom is 0.223 e. The van der Waals surface area contributed by atoms with Crippen LogP contribution in [0.25, 0.3) is 0 Å². The molecule has 2 aliphatic heterocycles. The molecule has 1 saturated carbocycles. The number of amides is 1. The summed E-state index contributed by atoms with van der Waals surface area (Å²) in [7, 11) is 2.25. The van der Waals surface area contributed by atoms with Crippen molar-refractivity contribution in [3.63, 3.8) is 0 Å². The number of carbonyl (C=O) groups is 1. The minimum atomic E-state index is 0.355. The van der Waals surface area contributed by atoms with Crippen LogP contribution in [-0.4, -0.2) is 54.1 Å². The molecular formula is C16H29N3O. The highest BCUT2D eigenvalue weighted by Gasteiger charge is 2.45. The van der Waals surface area contributed by atoms with E-state index in [1.165, 1.54) is 25.7 Å². The molecule has 2 saturated heterocycles. The van der Waals surface area contributed by atoms with Crippen LogP contribution in [-0.2, 0) is 4.79 Å². The number of nitrogens with one attached hydrogen (secondary N) is 1. The van der Waals surface area contributed by atoms with Gasteiger partial charge in [-0.05, 0) is 25.8 Å². The molecule has 4 nitrogen and oxygen atoms in total. The predicted octanol–water partition coefficient (Wildman–Crippen LogP) is 1.66. The van der Waals surface area contributed by atoms with Crippen LogP contribution in [0.5, 0.6) is 0 Å². The number of rotatable bonds is 3. The van der Waals surface area contributed by atoms with E-state index in [0.717, 1.165) is 19.5 Å². The molecule has 0 aromatic carbocycles. The third-order valence-corrected chi connectivity index (χ3v) is 5.35. The standard InChI is InChI=1S/C16H29N3O/c1-11(2)9-19-10-12(8-15(19)20)16-17-13-6-4-5-7-14(13)18(16)3/h11-14,16-17H,4-10H2,1-3H3. The molecule has 0 bridgehead atoms. The van der Waals surface area contributed by atoms with Gasteiger partial charge in [0, 0.05) is 37.5 Å². The first-order chi connectivity index (χ1) is 9.56. The highest BCUT2D eigenvalue weighted by molar-refractivity contribution is 5.78. The maximum absolute atomic E-state index is 12.2. The molecule has 4 unspecified atom stereocenters. The van der Waals surface area contributed by atoms with Crippen LogP contribution in [0.2, 0.25) is 0 Å². The van der Waals surface area contributed by atoms with Gasteiger partial charge in [0.2, 0.25) is 5.91 Å². The Morgan fingerprint density at radius 2 is 2.05 bits per heavy atom. The van der Waals surface area contributed by atoms with Crippen molar-refractivity contribution in [1.82, 2.24) is 15.1 Å². The first kappa shape index (κ1) is 14.3. The summed E-state index contributed by atoms with van der Waals surface area (Å²) in [6, 6.07) is 1.36. The molecule has 3 aliphatic rings. The number of hydrogen-bond acceptors (Lipinski definition) is 3. The normalized spacial score (nSPS) is 38.8. The van der Waals surface area contributed by atoms with Crippen molar-refractivity contribution in [3.8, 4) is 0 Å². The Bertz CT molecular complexity index is 371. The van der Waals surface area contributed by atoms with E-state index >= 15 is 0 Å². The first-order valence-electron chi connectivity index (χ1n) is 8.32. The highest BCUT2D eigenvalue weighted by Crippen LogP contribution is 2.34. The zero-order valence-electron chi connectivity index (χ0n) is 13.1. The van der Waals surface area contributed by atoms with Crippen molar-refractivity contribution in [1.29, 1.82) is 0 Å². The summed E-state index contributed by atoms with van der Waals surface area (Å²) in [6.07, 6.45) is 6.49. The van der Waals surface area contributed by atoms with Gasteiger partial charge in [-0.25, -0.2) is 0 Å². The van der Waals surface area contributed by atoms with Gasteiger partial charge in [0.25, 0.3) is 0 Å². The van der Waals surface area contributed by atoms with Crippen LogP contribution < -0.4 is 5.32 Å². The van der Waals surface area contributed by atoms with E-state index in [-0.39, 0.29) is 0 Å². The van der Waals surface area contributed by atoms with E-state index in [9.17, 15) is 4.79 Å². The van der Waals surface area contributed by atoms with Gasteiger partial charge in [-0.2, -0.15) is 0 Å². The van der Waals surface area contributed by atoms with E-state index in [1.807, 2.05) is 0 Å². The second-order valence-electron chi connectivity index (χ2n) is 7.39. The average molecular weight is 279 g/mol. The molecule has 4 atom stereocenters. The number of likely N-dealkylation sites (tertiary alicyclic amines) is 1. The quantitative estimate of drug-likeness (QED) is 0.853. The Morgan fingerprint density at radius 1 is 1.30 bits per heavy atom. The summed E-state index contributed by atoms with van der Waals surface area (Å²) in [5.41, 5.74) is 0. The molecule has 0 spiro atoms. The molecule has 20 heavy (non-hydrogen) atoms. The lowest BCUT2D eigenvalue weighted by molar-refractivity contribution is -0.128. The lowest BCUT2D eigenvalue weighted by atomic mass is 9.91. The third-order valence-electron chi connectivity index (χ3n) is 5.35. The van der Waals surface area contributed by atoms with Gasteiger partial charge in [-0.15, -0.1) is 0 Å². The van der Waals surface area contributed by atoms with Crippen LogP contribution in [0.3, 0.4) is 0 Å². The smallest absolute Gasteiger partial charge is 0.223 e. The van der Waals surface area contributed by atoms with Crippen molar-refractivity contribution in [2.45, 2.75) is 64.2 Å². The molecule has 4 heteroatoms. The van der Waals surface area contributed by atoms with Crippen LogP contribution in [0, 0.1) is 11.8 Å². The number of nitrogens with zero attached hydrogens (tertiary/aromatic N) is 2. The van der Waals surface area contributed by atoms with E-state index in [0.29, 0.717) is 36.0 Å². The van der Waals surface area contributed by atoms with Crippen molar-refractivity contribution in [2.75, 3.05) is 20.1 Å². The van der Waals surface area contributed by atoms with E-state index in [1.54, 1.807) is 0 Å². The highest BCUT2D eigenvalue weighted by atomic mass is 16.2. The topological polar surface area (TPSA) is 35.6 Å². The Balaban J connectivity index is 1.64. The van der Waals surface area contributed by atoms with Crippen LogP contribution in [0.1, 0.15) is 46.0 Å². The summed E-state index contributed by atoms with van der Waals surface area (Å²) in [5.74, 6) is 1.39. The molecule has 1 aliphatic carbocycles. The van der Waals surface area contributed by atoms with Crippen molar-refractivity contribution in [3.05, 3.63) is 0 Å². The van der Waals surface area contributed by atoms with Gasteiger partial charge < -0.3 is 4.90 Å². The van der Waals surface area contributed by atoms with Gasteiger partial charge >= 0.3 is 0 Å². The van der Waals surface area contributed by atoms with Gasteiger partial charge in [0.1, 0.15) is 0 Å². The second-order valence-corrected chi connectivity index (χ2v) is 7.39. The summed E-state index contributed by atoms with van der Waals surface area (Å²) in [5, 5.41) is 3.83. The molecule has 0 radical (unpaired) electrons. The summed E-state index contributed by atoms with van der Waals surface area (Å²) < 4.78 is 0. The Hall–Kier alpha value is -0.610. The number of hydrogen-bond donors (Lipinski definition) is 1. The van der Waals surface area contributed by atoms with Gasteiger partial charge in [-0.1, -0.05) is 26.7 Å². The Morgan fingerprint density at radius 3 is 2.75 bits per heavy atom. The van der Waals surface area contributed by atoms with Crippen LogP contribution >= 0.6 is 0 Å². The SMILES string of the molecule is CC(C)CN1CC(C2NC3CCCCC3N2C)CC1=O. The Kier molecular flexibility index (Phi) is 4.04. The van der Waals surface area contributed by atoms with Crippen molar-refractivity contribution >= 4 is 5.91 Å². The molecule has 2 heterocycles. The predicted molar refractivity (Wildman–Crippen MR) is 80.3 cm³/mol. The molecular weight excluding hydrogens is 250 g/mol. The zero-order chi connectivity index (χ0) is 14.3. The van der Waals surface area contributed by atoms with Crippen LogP contribution in [0.15, 0.2) is 0 Å².